The lowest BCUT2D eigenvalue weighted by atomic mass is 10.1. The van der Waals surface area contributed by atoms with Crippen LogP contribution in [0.2, 0.25) is 5.02 Å². The second-order valence-corrected chi connectivity index (χ2v) is 5.75. The Bertz CT molecular complexity index is 781. The lowest BCUT2D eigenvalue weighted by Crippen LogP contribution is -2.42. The minimum Gasteiger partial charge on any atom is -0.477 e. The van der Waals surface area contributed by atoms with Crippen LogP contribution in [0.15, 0.2) is 42.5 Å². The van der Waals surface area contributed by atoms with Crippen molar-refractivity contribution in [3.63, 3.8) is 0 Å². The van der Waals surface area contributed by atoms with Crippen LogP contribution in [0.5, 0.6) is 0 Å². The van der Waals surface area contributed by atoms with E-state index in [9.17, 15) is 9.59 Å². The molecular formula is C17H15ClN2O4. The van der Waals surface area contributed by atoms with Gasteiger partial charge in [-0.2, -0.15) is 0 Å². The van der Waals surface area contributed by atoms with Gasteiger partial charge in [-0.1, -0.05) is 35.9 Å². The highest BCUT2D eigenvalue weighted by molar-refractivity contribution is 6.31. The number of nitrogens with zero attached hydrogens (tertiary/aromatic N) is 2. The molecule has 0 aliphatic carbocycles. The van der Waals surface area contributed by atoms with E-state index in [1.54, 1.807) is 11.0 Å². The van der Waals surface area contributed by atoms with Crippen LogP contribution in [0.1, 0.15) is 32.6 Å². The molecule has 0 radical (unpaired) electrons. The lowest BCUT2D eigenvalue weighted by molar-refractivity contribution is -0.0229. The minimum absolute atomic E-state index is 0.106. The summed E-state index contributed by atoms with van der Waals surface area (Å²) in [6.45, 7) is 1.13. The molecule has 1 amide bonds. The Morgan fingerprint density at radius 1 is 1.17 bits per heavy atom. The Kier molecular flexibility index (Phi) is 4.78. The number of ether oxygens (including phenoxy) is 1. The van der Waals surface area contributed by atoms with Gasteiger partial charge in [-0.25, -0.2) is 9.78 Å². The number of hydrogen-bond donors (Lipinski definition) is 1. The van der Waals surface area contributed by atoms with Gasteiger partial charge in [0.05, 0.1) is 13.2 Å². The second kappa shape index (κ2) is 6.98. The summed E-state index contributed by atoms with van der Waals surface area (Å²) >= 11 is 6.20. The van der Waals surface area contributed by atoms with Crippen LogP contribution < -0.4 is 0 Å². The van der Waals surface area contributed by atoms with Crippen molar-refractivity contribution in [1.82, 2.24) is 9.88 Å². The Morgan fingerprint density at radius 3 is 2.67 bits per heavy atom. The molecule has 0 unspecified atom stereocenters. The number of pyridine rings is 1. The smallest absolute Gasteiger partial charge is 0.354 e. The first-order valence-electron chi connectivity index (χ1n) is 7.42. The molecule has 1 aromatic carbocycles. The van der Waals surface area contributed by atoms with Gasteiger partial charge in [0.2, 0.25) is 0 Å². The Morgan fingerprint density at radius 2 is 1.92 bits per heavy atom. The predicted molar refractivity (Wildman–Crippen MR) is 87.2 cm³/mol. The van der Waals surface area contributed by atoms with Crippen molar-refractivity contribution < 1.29 is 19.4 Å². The zero-order chi connectivity index (χ0) is 17.1. The van der Waals surface area contributed by atoms with Crippen LogP contribution >= 0.6 is 11.6 Å². The molecule has 1 fully saturated rings. The molecule has 7 heteroatoms. The number of carbonyl (C=O) groups is 2. The van der Waals surface area contributed by atoms with E-state index in [4.69, 9.17) is 21.4 Å². The number of benzene rings is 1. The molecule has 6 nitrogen and oxygen atoms in total. The molecule has 3 rings (SSSR count). The fourth-order valence-corrected chi connectivity index (χ4v) is 2.85. The molecule has 1 saturated heterocycles. The van der Waals surface area contributed by atoms with E-state index in [1.165, 1.54) is 18.2 Å². The lowest BCUT2D eigenvalue weighted by Gasteiger charge is -2.33. The highest BCUT2D eigenvalue weighted by atomic mass is 35.5. The summed E-state index contributed by atoms with van der Waals surface area (Å²) < 4.78 is 5.73. The molecule has 0 spiro atoms. The number of amides is 1. The Hall–Kier alpha value is -2.44. The SMILES string of the molecule is O=C(O)c1cccc(C(=O)N2CCO[C@H](c3ccccc3Cl)C2)n1. The van der Waals surface area contributed by atoms with Gasteiger partial charge in [-0.15, -0.1) is 0 Å². The first kappa shape index (κ1) is 16.4. The zero-order valence-corrected chi connectivity index (χ0v) is 13.4. The summed E-state index contributed by atoms with van der Waals surface area (Å²) in [6.07, 6.45) is -0.320. The van der Waals surface area contributed by atoms with Crippen molar-refractivity contribution in [2.24, 2.45) is 0 Å². The van der Waals surface area contributed by atoms with Crippen LogP contribution in [-0.4, -0.2) is 46.6 Å². The molecule has 0 saturated carbocycles. The van der Waals surface area contributed by atoms with Gasteiger partial charge >= 0.3 is 5.97 Å². The molecule has 24 heavy (non-hydrogen) atoms. The molecule has 2 aromatic rings. The van der Waals surface area contributed by atoms with Gasteiger partial charge in [0, 0.05) is 17.1 Å². The number of aromatic nitrogens is 1. The molecular weight excluding hydrogens is 332 g/mol. The van der Waals surface area contributed by atoms with Crippen molar-refractivity contribution in [3.05, 3.63) is 64.4 Å². The standard InChI is InChI=1S/C17H15ClN2O4/c18-12-5-2-1-4-11(12)15-10-20(8-9-24-15)16(21)13-6-3-7-14(19-13)17(22)23/h1-7,15H,8-10H2,(H,22,23)/t15-/m0/s1. The second-order valence-electron chi connectivity index (χ2n) is 5.35. The molecule has 1 aliphatic heterocycles. The predicted octanol–water partition coefficient (Wildman–Crippen LogP) is 2.65. The van der Waals surface area contributed by atoms with Crippen molar-refractivity contribution in [2.75, 3.05) is 19.7 Å². The Balaban J connectivity index is 1.79. The van der Waals surface area contributed by atoms with Crippen molar-refractivity contribution in [2.45, 2.75) is 6.10 Å². The molecule has 2 heterocycles. The van der Waals surface area contributed by atoms with E-state index >= 15 is 0 Å². The third-order valence-corrected chi connectivity index (χ3v) is 4.14. The topological polar surface area (TPSA) is 79.7 Å². The van der Waals surface area contributed by atoms with E-state index < -0.39 is 5.97 Å². The number of aromatic carboxylic acids is 1. The highest BCUT2D eigenvalue weighted by Crippen LogP contribution is 2.28. The van der Waals surface area contributed by atoms with Crippen molar-refractivity contribution >= 4 is 23.5 Å². The van der Waals surface area contributed by atoms with Gasteiger partial charge in [0.15, 0.2) is 0 Å². The first-order chi connectivity index (χ1) is 11.6. The number of halogens is 1. The van der Waals surface area contributed by atoms with Gasteiger partial charge in [-0.3, -0.25) is 4.79 Å². The maximum atomic E-state index is 12.6. The monoisotopic (exact) mass is 346 g/mol. The van der Waals surface area contributed by atoms with E-state index in [1.807, 2.05) is 18.2 Å². The largest absolute Gasteiger partial charge is 0.477 e. The fourth-order valence-electron chi connectivity index (χ4n) is 2.59. The maximum absolute atomic E-state index is 12.6. The van der Waals surface area contributed by atoms with Crippen LogP contribution in [-0.2, 0) is 4.74 Å². The quantitative estimate of drug-likeness (QED) is 0.924. The van der Waals surface area contributed by atoms with E-state index in [0.717, 1.165) is 5.56 Å². The zero-order valence-electron chi connectivity index (χ0n) is 12.7. The summed E-state index contributed by atoms with van der Waals surface area (Å²) in [5.41, 5.74) is 0.774. The first-order valence-corrected chi connectivity index (χ1v) is 7.79. The summed E-state index contributed by atoms with van der Waals surface area (Å²) in [7, 11) is 0. The molecule has 0 bridgehead atoms. The number of rotatable bonds is 3. The van der Waals surface area contributed by atoms with Crippen molar-refractivity contribution in [1.29, 1.82) is 0 Å². The number of carboxylic acid groups (broad SMARTS) is 1. The third kappa shape index (κ3) is 3.39. The minimum atomic E-state index is -1.17. The average molecular weight is 347 g/mol. The van der Waals surface area contributed by atoms with Crippen LogP contribution in [0.3, 0.4) is 0 Å². The summed E-state index contributed by atoms with van der Waals surface area (Å²) in [6, 6.07) is 11.7. The van der Waals surface area contributed by atoms with E-state index in [0.29, 0.717) is 24.7 Å². The van der Waals surface area contributed by atoms with Gasteiger partial charge in [0.25, 0.3) is 5.91 Å². The van der Waals surface area contributed by atoms with Gasteiger partial charge < -0.3 is 14.7 Å². The van der Waals surface area contributed by atoms with Gasteiger partial charge in [-0.05, 0) is 18.2 Å². The number of hydrogen-bond acceptors (Lipinski definition) is 4. The Labute approximate surface area is 143 Å². The molecule has 1 atom stereocenters. The number of carboxylic acids is 1. The van der Waals surface area contributed by atoms with Crippen LogP contribution in [0.25, 0.3) is 0 Å². The summed E-state index contributed by atoms with van der Waals surface area (Å²) in [5, 5.41) is 9.59. The van der Waals surface area contributed by atoms with E-state index in [2.05, 4.69) is 4.98 Å². The summed E-state index contributed by atoms with van der Waals surface area (Å²) in [4.78, 5) is 29.1. The number of carbonyl (C=O) groups excluding carboxylic acids is 1. The van der Waals surface area contributed by atoms with Crippen LogP contribution in [0, 0.1) is 0 Å². The molecule has 1 aromatic heterocycles. The molecule has 124 valence electrons. The van der Waals surface area contributed by atoms with Crippen molar-refractivity contribution in [3.8, 4) is 0 Å². The highest BCUT2D eigenvalue weighted by Gasteiger charge is 2.28. The molecule has 1 N–H and O–H groups in total. The maximum Gasteiger partial charge on any atom is 0.354 e. The fraction of sp³-hybridized carbons (Fsp3) is 0.235. The summed E-state index contributed by atoms with van der Waals surface area (Å²) in [5.74, 6) is -1.49. The third-order valence-electron chi connectivity index (χ3n) is 3.79. The average Bonchev–Trinajstić information content (AvgIpc) is 2.61. The van der Waals surface area contributed by atoms with Crippen LogP contribution in [0.4, 0.5) is 0 Å². The number of morpholine rings is 1. The van der Waals surface area contributed by atoms with E-state index in [-0.39, 0.29) is 23.4 Å². The van der Waals surface area contributed by atoms with Gasteiger partial charge in [0.1, 0.15) is 17.5 Å². The normalized spacial score (nSPS) is 17.5. The molecule has 1 aliphatic rings.